The number of hydrogen-bond donors (Lipinski definition) is 2. The number of carbonyl (C=O) groups is 2. The molecular formula is C15H27NO4. The molecular weight excluding hydrogens is 258 g/mol. The van der Waals surface area contributed by atoms with Crippen LogP contribution in [0.2, 0.25) is 0 Å². The summed E-state index contributed by atoms with van der Waals surface area (Å²) in [5.74, 6) is -0.747. The molecule has 116 valence electrons. The molecule has 0 aromatic rings. The number of hydrogen-bond acceptors (Lipinski definition) is 3. The molecule has 1 rings (SSSR count). The second-order valence-electron chi connectivity index (χ2n) is 6.85. The molecule has 0 spiro atoms. The lowest BCUT2D eigenvalue weighted by Gasteiger charge is -2.38. The van der Waals surface area contributed by atoms with Crippen LogP contribution in [-0.4, -0.2) is 28.3 Å². The largest absolute Gasteiger partial charge is 0.481 e. The molecule has 1 amide bonds. The van der Waals surface area contributed by atoms with Crippen molar-refractivity contribution in [1.82, 2.24) is 5.32 Å². The van der Waals surface area contributed by atoms with Gasteiger partial charge in [0.2, 0.25) is 0 Å². The average molecular weight is 285 g/mol. The first-order chi connectivity index (χ1) is 9.15. The highest BCUT2D eigenvalue weighted by Gasteiger charge is 2.41. The van der Waals surface area contributed by atoms with Crippen molar-refractivity contribution in [2.45, 2.75) is 77.4 Å². The van der Waals surface area contributed by atoms with Crippen LogP contribution in [0.25, 0.3) is 0 Å². The van der Waals surface area contributed by atoms with E-state index in [1.54, 1.807) is 20.8 Å². The summed E-state index contributed by atoms with van der Waals surface area (Å²) in [5, 5.41) is 12.1. The summed E-state index contributed by atoms with van der Waals surface area (Å²) >= 11 is 0. The van der Waals surface area contributed by atoms with Crippen LogP contribution in [0.4, 0.5) is 4.79 Å². The van der Waals surface area contributed by atoms with Crippen LogP contribution in [0.1, 0.15) is 66.2 Å². The molecule has 1 aliphatic carbocycles. The molecule has 1 fully saturated rings. The van der Waals surface area contributed by atoms with Gasteiger partial charge in [-0.1, -0.05) is 26.2 Å². The van der Waals surface area contributed by atoms with Crippen LogP contribution in [0.15, 0.2) is 0 Å². The lowest BCUT2D eigenvalue weighted by atomic mass is 9.78. The zero-order valence-electron chi connectivity index (χ0n) is 13.0. The fourth-order valence-electron chi connectivity index (χ4n) is 2.86. The van der Waals surface area contributed by atoms with E-state index in [0.717, 1.165) is 25.7 Å². The van der Waals surface area contributed by atoms with Gasteiger partial charge in [0, 0.05) is 0 Å². The number of amides is 1. The number of alkyl carbamates (subject to hydrolysis) is 1. The first-order valence-corrected chi connectivity index (χ1v) is 7.38. The minimum Gasteiger partial charge on any atom is -0.481 e. The molecule has 0 bridgehead atoms. The Bertz CT molecular complexity index is 361. The van der Waals surface area contributed by atoms with Crippen molar-refractivity contribution in [2.75, 3.05) is 0 Å². The van der Waals surface area contributed by atoms with Gasteiger partial charge in [0.1, 0.15) is 5.60 Å². The van der Waals surface area contributed by atoms with Gasteiger partial charge in [-0.05, 0) is 39.5 Å². The van der Waals surface area contributed by atoms with Crippen molar-refractivity contribution in [2.24, 2.45) is 5.92 Å². The summed E-state index contributed by atoms with van der Waals surface area (Å²) in [5.41, 5.74) is -1.27. The molecule has 2 atom stereocenters. The zero-order valence-corrected chi connectivity index (χ0v) is 13.0. The Morgan fingerprint density at radius 3 is 2.50 bits per heavy atom. The maximum absolute atomic E-state index is 12.0. The van der Waals surface area contributed by atoms with Gasteiger partial charge in [-0.25, -0.2) is 4.79 Å². The van der Waals surface area contributed by atoms with Crippen LogP contribution in [0.3, 0.4) is 0 Å². The van der Waals surface area contributed by atoms with E-state index in [0.29, 0.717) is 6.42 Å². The van der Waals surface area contributed by atoms with Gasteiger partial charge in [-0.2, -0.15) is 0 Å². The first-order valence-electron chi connectivity index (χ1n) is 7.38. The fraction of sp³-hybridized carbons (Fsp3) is 0.867. The maximum atomic E-state index is 12.0. The van der Waals surface area contributed by atoms with Gasteiger partial charge < -0.3 is 15.2 Å². The number of aliphatic carboxylic acids is 1. The summed E-state index contributed by atoms with van der Waals surface area (Å²) in [7, 11) is 0. The van der Waals surface area contributed by atoms with Crippen LogP contribution in [0.5, 0.6) is 0 Å². The highest BCUT2D eigenvalue weighted by atomic mass is 16.6. The molecule has 5 nitrogen and oxygen atoms in total. The highest BCUT2D eigenvalue weighted by molar-refractivity contribution is 5.73. The van der Waals surface area contributed by atoms with Crippen molar-refractivity contribution in [1.29, 1.82) is 0 Å². The third kappa shape index (κ3) is 5.02. The summed E-state index contributed by atoms with van der Waals surface area (Å²) in [4.78, 5) is 23.3. The molecule has 0 aliphatic heterocycles. The summed E-state index contributed by atoms with van der Waals surface area (Å²) < 4.78 is 5.29. The Morgan fingerprint density at radius 1 is 1.30 bits per heavy atom. The fourth-order valence-corrected chi connectivity index (χ4v) is 2.86. The standard InChI is InChI=1S/C15H27NO4/c1-11-8-6-5-7-9-15(11,10-12(17)18)16-13(19)20-14(2,3)4/h11H,5-10H2,1-4H3,(H,16,19)(H,17,18). The SMILES string of the molecule is CC1CCCCCC1(CC(=O)O)NC(=O)OC(C)(C)C. The molecule has 1 aliphatic rings. The number of carboxylic acids is 1. The minimum absolute atomic E-state index is 0.0482. The molecule has 0 aromatic carbocycles. The van der Waals surface area contributed by atoms with E-state index >= 15 is 0 Å². The monoisotopic (exact) mass is 285 g/mol. The summed E-state index contributed by atoms with van der Waals surface area (Å²) in [6.07, 6.45) is 4.16. The lowest BCUT2D eigenvalue weighted by molar-refractivity contribution is -0.139. The minimum atomic E-state index is -0.880. The van der Waals surface area contributed by atoms with Crippen molar-refractivity contribution >= 4 is 12.1 Å². The second kappa shape index (κ2) is 6.46. The molecule has 2 N–H and O–H groups in total. The van der Waals surface area contributed by atoms with Gasteiger partial charge in [0.25, 0.3) is 0 Å². The van der Waals surface area contributed by atoms with E-state index in [9.17, 15) is 14.7 Å². The molecule has 1 saturated carbocycles. The third-order valence-corrected chi connectivity index (χ3v) is 3.92. The van der Waals surface area contributed by atoms with E-state index in [4.69, 9.17) is 4.74 Å². The Kier molecular flexibility index (Phi) is 5.42. The predicted octanol–water partition coefficient (Wildman–Crippen LogP) is 3.32. The maximum Gasteiger partial charge on any atom is 0.408 e. The molecule has 0 heterocycles. The van der Waals surface area contributed by atoms with Crippen LogP contribution >= 0.6 is 0 Å². The van der Waals surface area contributed by atoms with Crippen LogP contribution in [-0.2, 0) is 9.53 Å². The van der Waals surface area contributed by atoms with Gasteiger partial charge in [0.05, 0.1) is 12.0 Å². The van der Waals surface area contributed by atoms with Crippen LogP contribution < -0.4 is 5.32 Å². The normalized spacial score (nSPS) is 27.5. The molecule has 5 heteroatoms. The summed E-state index contributed by atoms with van der Waals surface area (Å²) in [6.45, 7) is 7.42. The van der Waals surface area contributed by atoms with E-state index in [-0.39, 0.29) is 12.3 Å². The predicted molar refractivity (Wildman–Crippen MR) is 76.6 cm³/mol. The van der Waals surface area contributed by atoms with Crippen LogP contribution in [0, 0.1) is 5.92 Å². The number of carbonyl (C=O) groups excluding carboxylic acids is 1. The first kappa shape index (κ1) is 16.8. The van der Waals surface area contributed by atoms with Crippen molar-refractivity contribution < 1.29 is 19.4 Å². The van der Waals surface area contributed by atoms with Gasteiger partial charge >= 0.3 is 12.1 Å². The Balaban J connectivity index is 2.87. The number of rotatable bonds is 3. The topological polar surface area (TPSA) is 75.6 Å². The Labute approximate surface area is 121 Å². The Hall–Kier alpha value is -1.26. The lowest BCUT2D eigenvalue weighted by Crippen LogP contribution is -2.55. The number of ether oxygens (including phenoxy) is 1. The van der Waals surface area contributed by atoms with Crippen molar-refractivity contribution in [3.63, 3.8) is 0 Å². The smallest absolute Gasteiger partial charge is 0.408 e. The summed E-state index contributed by atoms with van der Waals surface area (Å²) in [6, 6.07) is 0. The average Bonchev–Trinajstić information content (AvgIpc) is 2.38. The van der Waals surface area contributed by atoms with Gasteiger partial charge in [-0.3, -0.25) is 4.79 Å². The Morgan fingerprint density at radius 2 is 1.95 bits per heavy atom. The van der Waals surface area contributed by atoms with Gasteiger partial charge in [-0.15, -0.1) is 0 Å². The highest BCUT2D eigenvalue weighted by Crippen LogP contribution is 2.35. The van der Waals surface area contributed by atoms with E-state index in [2.05, 4.69) is 5.32 Å². The molecule has 0 radical (unpaired) electrons. The number of nitrogens with one attached hydrogen (secondary N) is 1. The molecule has 0 saturated heterocycles. The number of carboxylic acid groups (broad SMARTS) is 1. The second-order valence-corrected chi connectivity index (χ2v) is 6.85. The van der Waals surface area contributed by atoms with Crippen molar-refractivity contribution in [3.05, 3.63) is 0 Å². The molecule has 20 heavy (non-hydrogen) atoms. The van der Waals surface area contributed by atoms with E-state index < -0.39 is 23.2 Å². The molecule has 0 aromatic heterocycles. The molecule has 2 unspecified atom stereocenters. The van der Waals surface area contributed by atoms with E-state index in [1.807, 2.05) is 6.92 Å². The third-order valence-electron chi connectivity index (χ3n) is 3.92. The zero-order chi connectivity index (χ0) is 15.4. The van der Waals surface area contributed by atoms with E-state index in [1.165, 1.54) is 0 Å². The van der Waals surface area contributed by atoms with Crippen molar-refractivity contribution in [3.8, 4) is 0 Å². The van der Waals surface area contributed by atoms with Gasteiger partial charge in [0.15, 0.2) is 0 Å². The quantitative estimate of drug-likeness (QED) is 0.780.